The van der Waals surface area contributed by atoms with Crippen LogP contribution in [0.25, 0.3) is 11.1 Å². The number of aryl methyl sites for hydroxylation is 2. The molecule has 0 spiro atoms. The molecule has 1 atom stereocenters. The first kappa shape index (κ1) is 18.1. The van der Waals surface area contributed by atoms with Gasteiger partial charge in [0.1, 0.15) is 23.4 Å². The number of benzene rings is 1. The van der Waals surface area contributed by atoms with Crippen LogP contribution in [-0.2, 0) is 5.54 Å². The number of amidine groups is 1. The van der Waals surface area contributed by atoms with E-state index in [-0.39, 0.29) is 0 Å². The zero-order valence-corrected chi connectivity index (χ0v) is 16.7. The molecule has 6 nitrogen and oxygen atoms in total. The summed E-state index contributed by atoms with van der Waals surface area (Å²) in [5, 5.41) is 0. The van der Waals surface area contributed by atoms with E-state index in [1.54, 1.807) is 18.6 Å². The number of pyridine rings is 2. The highest BCUT2D eigenvalue weighted by Crippen LogP contribution is 2.46. The van der Waals surface area contributed by atoms with Crippen molar-refractivity contribution in [3.05, 3.63) is 107 Å². The van der Waals surface area contributed by atoms with Crippen molar-refractivity contribution in [2.45, 2.75) is 19.4 Å². The smallest absolute Gasteiger partial charge is 0.146 e. The van der Waals surface area contributed by atoms with Crippen molar-refractivity contribution in [2.75, 3.05) is 0 Å². The molecule has 0 saturated heterocycles. The third-order valence-electron chi connectivity index (χ3n) is 5.40. The van der Waals surface area contributed by atoms with Crippen LogP contribution in [0, 0.1) is 13.8 Å². The normalized spacial score (nSPS) is 17.5. The summed E-state index contributed by atoms with van der Waals surface area (Å²) >= 11 is 0. The Balaban J connectivity index is 1.82. The molecule has 0 radical (unpaired) electrons. The topological polar surface area (TPSA) is 89.9 Å². The average Bonchev–Trinajstić information content (AvgIpc) is 3.08. The first-order valence-electron chi connectivity index (χ1n) is 9.71. The molecule has 4 heterocycles. The maximum atomic E-state index is 6.37. The van der Waals surface area contributed by atoms with Gasteiger partial charge in [0.2, 0.25) is 0 Å². The van der Waals surface area contributed by atoms with Crippen LogP contribution in [-0.4, -0.2) is 25.8 Å². The highest BCUT2D eigenvalue weighted by molar-refractivity contribution is 6.01. The van der Waals surface area contributed by atoms with Crippen LogP contribution < -0.4 is 5.73 Å². The summed E-state index contributed by atoms with van der Waals surface area (Å²) in [4.78, 5) is 22.4. The van der Waals surface area contributed by atoms with Crippen LogP contribution >= 0.6 is 0 Å². The summed E-state index contributed by atoms with van der Waals surface area (Å²) < 4.78 is 0. The third-order valence-corrected chi connectivity index (χ3v) is 5.40. The van der Waals surface area contributed by atoms with E-state index in [1.165, 1.54) is 6.33 Å². The van der Waals surface area contributed by atoms with E-state index in [0.717, 1.165) is 44.9 Å². The van der Waals surface area contributed by atoms with E-state index in [1.807, 2.05) is 32.0 Å². The van der Waals surface area contributed by atoms with Gasteiger partial charge in [-0.1, -0.05) is 24.3 Å². The minimum atomic E-state index is -0.794. The molecule has 146 valence electrons. The van der Waals surface area contributed by atoms with Gasteiger partial charge in [0, 0.05) is 41.1 Å². The lowest BCUT2D eigenvalue weighted by Gasteiger charge is -2.29. The molecule has 5 rings (SSSR count). The molecule has 1 aromatic carbocycles. The van der Waals surface area contributed by atoms with Gasteiger partial charge in [-0.25, -0.2) is 15.0 Å². The Morgan fingerprint density at radius 3 is 2.37 bits per heavy atom. The largest absolute Gasteiger partial charge is 0.382 e. The number of aromatic nitrogens is 4. The molecule has 1 aliphatic heterocycles. The predicted octanol–water partition coefficient (Wildman–Crippen LogP) is 3.56. The fourth-order valence-electron chi connectivity index (χ4n) is 4.22. The minimum Gasteiger partial charge on any atom is -0.382 e. The Morgan fingerprint density at radius 2 is 1.60 bits per heavy atom. The van der Waals surface area contributed by atoms with Crippen molar-refractivity contribution in [1.29, 1.82) is 0 Å². The number of fused-ring (bicyclic) bond motifs is 1. The molecule has 0 aliphatic carbocycles. The van der Waals surface area contributed by atoms with Gasteiger partial charge in [0.25, 0.3) is 0 Å². The first-order chi connectivity index (χ1) is 14.6. The Labute approximate surface area is 174 Å². The van der Waals surface area contributed by atoms with Gasteiger partial charge in [-0.15, -0.1) is 0 Å². The molecule has 0 saturated carbocycles. The highest BCUT2D eigenvalue weighted by Gasteiger charge is 2.44. The van der Waals surface area contributed by atoms with Crippen molar-refractivity contribution < 1.29 is 0 Å². The van der Waals surface area contributed by atoms with E-state index < -0.39 is 5.54 Å². The molecule has 2 N–H and O–H groups in total. The number of rotatable bonds is 3. The van der Waals surface area contributed by atoms with Crippen LogP contribution in [0.1, 0.15) is 33.8 Å². The lowest BCUT2D eigenvalue weighted by atomic mass is 9.77. The zero-order chi connectivity index (χ0) is 20.7. The van der Waals surface area contributed by atoms with E-state index in [2.05, 4.69) is 50.3 Å². The van der Waals surface area contributed by atoms with Gasteiger partial charge in [-0.05, 0) is 54.8 Å². The first-order valence-corrected chi connectivity index (χ1v) is 9.71. The summed E-state index contributed by atoms with van der Waals surface area (Å²) in [5.41, 5.74) is 13.1. The molecule has 0 fully saturated rings. The van der Waals surface area contributed by atoms with E-state index in [0.29, 0.717) is 5.84 Å². The zero-order valence-electron chi connectivity index (χ0n) is 16.7. The van der Waals surface area contributed by atoms with Gasteiger partial charge < -0.3 is 5.73 Å². The van der Waals surface area contributed by atoms with Gasteiger partial charge >= 0.3 is 0 Å². The summed E-state index contributed by atoms with van der Waals surface area (Å²) in [6.45, 7) is 3.99. The average molecular weight is 392 g/mol. The summed E-state index contributed by atoms with van der Waals surface area (Å²) in [7, 11) is 0. The molecular formula is C24H20N6. The van der Waals surface area contributed by atoms with E-state index in [4.69, 9.17) is 10.7 Å². The predicted molar refractivity (Wildman–Crippen MR) is 116 cm³/mol. The second kappa shape index (κ2) is 6.84. The van der Waals surface area contributed by atoms with Crippen LogP contribution in [0.15, 0.2) is 78.4 Å². The molecule has 1 aliphatic rings. The molecule has 1 unspecified atom stereocenters. The number of aliphatic imine (C=N–C) groups is 1. The van der Waals surface area contributed by atoms with Crippen molar-refractivity contribution in [1.82, 2.24) is 19.9 Å². The van der Waals surface area contributed by atoms with Crippen LogP contribution in [0.4, 0.5) is 0 Å². The lowest BCUT2D eigenvalue weighted by molar-refractivity contribution is 0.666. The second-order valence-corrected chi connectivity index (χ2v) is 7.45. The maximum absolute atomic E-state index is 6.37. The standard InChI is InChI=1S/C24H20N6/c1-15-9-20(10-16(2)29-15)24(21-7-4-8-28-22(21)23(25)30-24)19-6-3-5-17(11-19)18-12-26-14-27-13-18/h3-14H,1-2H3,(H2,25,30). The molecule has 0 amide bonds. The number of nitrogens with two attached hydrogens (primary N) is 1. The van der Waals surface area contributed by atoms with Gasteiger partial charge in [-0.2, -0.15) is 0 Å². The Bertz CT molecular complexity index is 1260. The van der Waals surface area contributed by atoms with Crippen LogP contribution in [0.5, 0.6) is 0 Å². The molecule has 6 heteroatoms. The summed E-state index contributed by atoms with van der Waals surface area (Å²) in [5.74, 6) is 0.436. The number of hydrogen-bond acceptors (Lipinski definition) is 6. The fraction of sp³-hybridized carbons (Fsp3) is 0.125. The maximum Gasteiger partial charge on any atom is 0.146 e. The van der Waals surface area contributed by atoms with Gasteiger partial charge in [0.15, 0.2) is 0 Å². The fourth-order valence-corrected chi connectivity index (χ4v) is 4.22. The van der Waals surface area contributed by atoms with Crippen molar-refractivity contribution in [3.63, 3.8) is 0 Å². The minimum absolute atomic E-state index is 0.436. The Morgan fingerprint density at radius 1 is 0.833 bits per heavy atom. The van der Waals surface area contributed by atoms with Gasteiger partial charge in [-0.3, -0.25) is 9.97 Å². The van der Waals surface area contributed by atoms with E-state index >= 15 is 0 Å². The van der Waals surface area contributed by atoms with Crippen molar-refractivity contribution in [3.8, 4) is 11.1 Å². The molecule has 0 bridgehead atoms. The van der Waals surface area contributed by atoms with Crippen molar-refractivity contribution >= 4 is 5.84 Å². The molecule has 30 heavy (non-hydrogen) atoms. The Hall–Kier alpha value is -3.93. The summed E-state index contributed by atoms with van der Waals surface area (Å²) in [6.07, 6.45) is 6.89. The molecule has 3 aromatic heterocycles. The second-order valence-electron chi connectivity index (χ2n) is 7.45. The van der Waals surface area contributed by atoms with Crippen molar-refractivity contribution in [2.24, 2.45) is 10.7 Å². The van der Waals surface area contributed by atoms with Gasteiger partial charge in [0.05, 0.1) is 0 Å². The SMILES string of the molecule is Cc1cc(C2(c3cccc(-c4cncnc4)c3)N=C(N)c3ncccc32)cc(C)n1. The monoisotopic (exact) mass is 392 g/mol. The molecular weight excluding hydrogens is 372 g/mol. The summed E-state index contributed by atoms with van der Waals surface area (Å²) in [6, 6.07) is 16.4. The molecule has 4 aromatic rings. The Kier molecular flexibility index (Phi) is 4.13. The number of hydrogen-bond donors (Lipinski definition) is 1. The van der Waals surface area contributed by atoms with Crippen LogP contribution in [0.3, 0.4) is 0 Å². The quantitative estimate of drug-likeness (QED) is 0.576. The third kappa shape index (κ3) is 2.76. The van der Waals surface area contributed by atoms with Crippen LogP contribution in [0.2, 0.25) is 0 Å². The highest BCUT2D eigenvalue weighted by atomic mass is 15.0. The van der Waals surface area contributed by atoms with E-state index in [9.17, 15) is 0 Å². The lowest BCUT2D eigenvalue weighted by Crippen LogP contribution is -2.26. The number of nitrogens with zero attached hydrogens (tertiary/aromatic N) is 5.